The zero-order valence-corrected chi connectivity index (χ0v) is 10.8. The molecule has 1 aromatic carbocycles. The SMILES string of the molecule is CN(Cc1ccc(F)cc1)Cc1cccnc1NN. The van der Waals surface area contributed by atoms with E-state index in [1.807, 2.05) is 19.2 Å². The van der Waals surface area contributed by atoms with Crippen molar-refractivity contribution in [2.45, 2.75) is 13.1 Å². The lowest BCUT2D eigenvalue weighted by Gasteiger charge is -2.18. The van der Waals surface area contributed by atoms with Crippen molar-refractivity contribution in [2.24, 2.45) is 5.84 Å². The lowest BCUT2D eigenvalue weighted by molar-refractivity contribution is 0.319. The topological polar surface area (TPSA) is 54.2 Å². The van der Waals surface area contributed by atoms with E-state index in [-0.39, 0.29) is 5.82 Å². The van der Waals surface area contributed by atoms with Gasteiger partial charge in [-0.1, -0.05) is 18.2 Å². The Balaban J connectivity index is 2.01. The smallest absolute Gasteiger partial charge is 0.144 e. The van der Waals surface area contributed by atoms with E-state index in [1.165, 1.54) is 12.1 Å². The van der Waals surface area contributed by atoms with Crippen molar-refractivity contribution in [1.82, 2.24) is 9.88 Å². The maximum atomic E-state index is 12.8. The third kappa shape index (κ3) is 3.74. The van der Waals surface area contributed by atoms with Crippen LogP contribution in [0.4, 0.5) is 10.2 Å². The van der Waals surface area contributed by atoms with Crippen molar-refractivity contribution < 1.29 is 4.39 Å². The summed E-state index contributed by atoms with van der Waals surface area (Å²) in [6, 6.07) is 10.4. The van der Waals surface area contributed by atoms with Crippen molar-refractivity contribution >= 4 is 5.82 Å². The van der Waals surface area contributed by atoms with E-state index in [0.717, 1.165) is 17.7 Å². The number of aromatic nitrogens is 1. The molecule has 0 aliphatic carbocycles. The van der Waals surface area contributed by atoms with Gasteiger partial charge in [-0.2, -0.15) is 0 Å². The van der Waals surface area contributed by atoms with Crippen LogP contribution < -0.4 is 11.3 Å². The average Bonchev–Trinajstić information content (AvgIpc) is 2.42. The standard InChI is InChI=1S/C14H17FN4/c1-19(9-11-4-6-13(15)7-5-11)10-12-3-2-8-17-14(12)18-16/h2-8H,9-10,16H2,1H3,(H,17,18). The Labute approximate surface area is 112 Å². The van der Waals surface area contributed by atoms with Gasteiger partial charge in [0.2, 0.25) is 0 Å². The first kappa shape index (κ1) is 13.5. The molecule has 0 bridgehead atoms. The van der Waals surface area contributed by atoms with Crippen LogP contribution in [0.15, 0.2) is 42.6 Å². The predicted molar refractivity (Wildman–Crippen MR) is 73.6 cm³/mol. The maximum Gasteiger partial charge on any atom is 0.144 e. The predicted octanol–water partition coefficient (Wildman–Crippen LogP) is 2.14. The summed E-state index contributed by atoms with van der Waals surface area (Å²) in [5, 5.41) is 0. The minimum absolute atomic E-state index is 0.215. The maximum absolute atomic E-state index is 12.8. The fourth-order valence-corrected chi connectivity index (χ4v) is 1.94. The second-order valence-corrected chi connectivity index (χ2v) is 4.45. The van der Waals surface area contributed by atoms with E-state index in [2.05, 4.69) is 15.3 Å². The third-order valence-corrected chi connectivity index (χ3v) is 2.83. The first-order valence-electron chi connectivity index (χ1n) is 6.02. The molecule has 1 heterocycles. The number of nitrogens with one attached hydrogen (secondary N) is 1. The first-order chi connectivity index (χ1) is 9.19. The summed E-state index contributed by atoms with van der Waals surface area (Å²) in [7, 11) is 2.00. The molecule has 0 spiro atoms. The molecule has 4 nitrogen and oxygen atoms in total. The molecule has 0 aliphatic heterocycles. The van der Waals surface area contributed by atoms with Crippen LogP contribution in [0.5, 0.6) is 0 Å². The molecule has 0 radical (unpaired) electrons. The minimum Gasteiger partial charge on any atom is -0.308 e. The number of benzene rings is 1. The van der Waals surface area contributed by atoms with E-state index in [4.69, 9.17) is 5.84 Å². The quantitative estimate of drug-likeness (QED) is 0.639. The summed E-state index contributed by atoms with van der Waals surface area (Å²) < 4.78 is 12.8. The second-order valence-electron chi connectivity index (χ2n) is 4.45. The first-order valence-corrected chi connectivity index (χ1v) is 6.02. The number of pyridine rings is 1. The number of hydrogen-bond donors (Lipinski definition) is 2. The number of nitrogens with two attached hydrogens (primary N) is 1. The van der Waals surface area contributed by atoms with Gasteiger partial charge in [-0.15, -0.1) is 0 Å². The highest BCUT2D eigenvalue weighted by Crippen LogP contribution is 2.14. The Morgan fingerprint density at radius 2 is 1.95 bits per heavy atom. The molecule has 3 N–H and O–H groups in total. The fraction of sp³-hybridized carbons (Fsp3) is 0.214. The van der Waals surface area contributed by atoms with Crippen LogP contribution >= 0.6 is 0 Å². The molecular weight excluding hydrogens is 243 g/mol. The summed E-state index contributed by atoms with van der Waals surface area (Å²) >= 11 is 0. The summed E-state index contributed by atoms with van der Waals surface area (Å²) in [5.74, 6) is 5.88. The van der Waals surface area contributed by atoms with Gasteiger partial charge >= 0.3 is 0 Å². The molecule has 2 rings (SSSR count). The number of hydrogen-bond acceptors (Lipinski definition) is 4. The molecule has 2 aromatic rings. The van der Waals surface area contributed by atoms with E-state index < -0.39 is 0 Å². The van der Waals surface area contributed by atoms with E-state index in [1.54, 1.807) is 18.3 Å². The Kier molecular flexibility index (Phi) is 4.43. The van der Waals surface area contributed by atoms with Crippen molar-refractivity contribution in [3.05, 3.63) is 59.5 Å². The van der Waals surface area contributed by atoms with Crippen molar-refractivity contribution in [2.75, 3.05) is 12.5 Å². The van der Waals surface area contributed by atoms with Crippen LogP contribution in [0.1, 0.15) is 11.1 Å². The highest BCUT2D eigenvalue weighted by atomic mass is 19.1. The molecular formula is C14H17FN4. The monoisotopic (exact) mass is 260 g/mol. The van der Waals surface area contributed by atoms with E-state index in [0.29, 0.717) is 12.4 Å². The largest absolute Gasteiger partial charge is 0.308 e. The molecule has 0 atom stereocenters. The van der Waals surface area contributed by atoms with Crippen LogP contribution in [0.25, 0.3) is 0 Å². The molecule has 19 heavy (non-hydrogen) atoms. The number of hydrazine groups is 1. The molecule has 1 aromatic heterocycles. The number of halogens is 1. The molecule has 0 saturated carbocycles. The van der Waals surface area contributed by atoms with Gasteiger partial charge in [-0.25, -0.2) is 15.2 Å². The number of rotatable bonds is 5. The molecule has 0 unspecified atom stereocenters. The number of nitrogen functional groups attached to an aromatic ring is 1. The van der Waals surface area contributed by atoms with Gasteiger partial charge in [0.1, 0.15) is 11.6 Å². The van der Waals surface area contributed by atoms with Crippen LogP contribution in [-0.4, -0.2) is 16.9 Å². The Hall–Kier alpha value is -1.98. The zero-order chi connectivity index (χ0) is 13.7. The van der Waals surface area contributed by atoms with Gasteiger partial charge in [0.25, 0.3) is 0 Å². The lowest BCUT2D eigenvalue weighted by Crippen LogP contribution is -2.19. The molecule has 5 heteroatoms. The van der Waals surface area contributed by atoms with Crippen molar-refractivity contribution in [3.8, 4) is 0 Å². The van der Waals surface area contributed by atoms with Gasteiger partial charge < -0.3 is 5.43 Å². The highest BCUT2D eigenvalue weighted by Gasteiger charge is 2.06. The summed E-state index contributed by atoms with van der Waals surface area (Å²) in [6.07, 6.45) is 1.69. The van der Waals surface area contributed by atoms with Gasteiger partial charge in [0.05, 0.1) is 0 Å². The zero-order valence-electron chi connectivity index (χ0n) is 10.8. The Bertz CT molecular complexity index is 527. The van der Waals surface area contributed by atoms with E-state index in [9.17, 15) is 4.39 Å². The molecule has 0 amide bonds. The summed E-state index contributed by atoms with van der Waals surface area (Å²) in [4.78, 5) is 6.27. The van der Waals surface area contributed by atoms with Crippen LogP contribution in [-0.2, 0) is 13.1 Å². The molecule has 100 valence electrons. The number of nitrogens with zero attached hydrogens (tertiary/aromatic N) is 2. The fourth-order valence-electron chi connectivity index (χ4n) is 1.94. The van der Waals surface area contributed by atoms with Gasteiger partial charge in [0, 0.05) is 24.8 Å². The van der Waals surface area contributed by atoms with E-state index >= 15 is 0 Å². The Morgan fingerprint density at radius 1 is 1.21 bits per heavy atom. The second kappa shape index (κ2) is 6.26. The van der Waals surface area contributed by atoms with Gasteiger partial charge in [-0.3, -0.25) is 4.90 Å². The third-order valence-electron chi connectivity index (χ3n) is 2.83. The summed E-state index contributed by atoms with van der Waals surface area (Å²) in [6.45, 7) is 1.45. The van der Waals surface area contributed by atoms with Crippen molar-refractivity contribution in [1.29, 1.82) is 0 Å². The van der Waals surface area contributed by atoms with Crippen LogP contribution in [0, 0.1) is 5.82 Å². The molecule has 0 fully saturated rings. The van der Waals surface area contributed by atoms with Crippen LogP contribution in [0.3, 0.4) is 0 Å². The number of anilines is 1. The van der Waals surface area contributed by atoms with Gasteiger partial charge in [-0.05, 0) is 30.8 Å². The highest BCUT2D eigenvalue weighted by molar-refractivity contribution is 5.42. The van der Waals surface area contributed by atoms with Crippen molar-refractivity contribution in [3.63, 3.8) is 0 Å². The molecule has 0 aliphatic rings. The Morgan fingerprint density at radius 3 is 2.63 bits per heavy atom. The summed E-state index contributed by atoms with van der Waals surface area (Å²) in [5.41, 5.74) is 4.67. The molecule has 0 saturated heterocycles. The van der Waals surface area contributed by atoms with Gasteiger partial charge in [0.15, 0.2) is 0 Å². The normalized spacial score (nSPS) is 10.7. The average molecular weight is 260 g/mol. The lowest BCUT2D eigenvalue weighted by atomic mass is 10.2. The van der Waals surface area contributed by atoms with Crippen LogP contribution in [0.2, 0.25) is 0 Å². The minimum atomic E-state index is -0.215.